The number of benzene rings is 1. The summed E-state index contributed by atoms with van der Waals surface area (Å²) in [6.45, 7) is -1.34. The van der Waals surface area contributed by atoms with Gasteiger partial charge in [0.15, 0.2) is 6.29 Å². The van der Waals surface area contributed by atoms with E-state index in [1.807, 2.05) is 30.3 Å². The van der Waals surface area contributed by atoms with Gasteiger partial charge in [-0.15, -0.1) is 0 Å². The molecule has 118 valence electrons. The lowest BCUT2D eigenvalue weighted by molar-refractivity contribution is -0.346. The van der Waals surface area contributed by atoms with Crippen LogP contribution in [-0.2, 0) is 16.1 Å². The van der Waals surface area contributed by atoms with E-state index >= 15 is 0 Å². The number of aliphatic hydroxyl groups is 5. The Bertz CT molecular complexity index is 434. The molecule has 0 unspecified atom stereocenters. The Kier molecular flexibility index (Phi) is 5.28. The fourth-order valence-corrected chi connectivity index (χ4v) is 2.23. The minimum atomic E-state index is -1.78. The molecule has 7 nitrogen and oxygen atoms in total. The Morgan fingerprint density at radius 1 is 1.00 bits per heavy atom. The van der Waals surface area contributed by atoms with E-state index in [1.165, 1.54) is 0 Å². The highest BCUT2D eigenvalue weighted by Crippen LogP contribution is 2.30. The molecular weight excluding hydrogens is 280 g/mol. The Labute approximate surface area is 122 Å². The van der Waals surface area contributed by atoms with E-state index in [2.05, 4.69) is 0 Å². The molecule has 0 radical (unpaired) electrons. The van der Waals surface area contributed by atoms with Crippen LogP contribution in [0.25, 0.3) is 0 Å². The van der Waals surface area contributed by atoms with Crippen LogP contribution in [0.3, 0.4) is 0 Å². The smallest absolute Gasteiger partial charge is 0.187 e. The average Bonchev–Trinajstić information content (AvgIpc) is 2.54. The molecule has 1 fully saturated rings. The zero-order valence-corrected chi connectivity index (χ0v) is 11.4. The van der Waals surface area contributed by atoms with Crippen molar-refractivity contribution in [3.63, 3.8) is 0 Å². The summed E-state index contributed by atoms with van der Waals surface area (Å²) in [5, 5.41) is 48.2. The van der Waals surface area contributed by atoms with Gasteiger partial charge in [-0.3, -0.25) is 0 Å². The third-order valence-electron chi connectivity index (χ3n) is 3.63. The minimum absolute atomic E-state index is 0.109. The second-order valence-electron chi connectivity index (χ2n) is 5.09. The summed E-state index contributed by atoms with van der Waals surface area (Å²) in [5.41, 5.74) is -0.951. The van der Waals surface area contributed by atoms with Gasteiger partial charge in [-0.25, -0.2) is 0 Å². The molecule has 0 amide bonds. The number of rotatable bonds is 5. The first kappa shape index (κ1) is 16.3. The maximum Gasteiger partial charge on any atom is 0.187 e. The zero-order valence-electron chi connectivity index (χ0n) is 11.4. The lowest BCUT2D eigenvalue weighted by Crippen LogP contribution is -2.67. The normalized spacial score (nSPS) is 32.0. The molecule has 1 heterocycles. The topological polar surface area (TPSA) is 120 Å². The number of aliphatic hydroxyl groups excluding tert-OH is 5. The van der Waals surface area contributed by atoms with Crippen LogP contribution in [0, 0.1) is 0 Å². The number of ether oxygens (including phenoxy) is 2. The molecule has 0 aromatic heterocycles. The van der Waals surface area contributed by atoms with Crippen molar-refractivity contribution in [3.05, 3.63) is 35.9 Å². The van der Waals surface area contributed by atoms with Crippen molar-refractivity contribution in [1.29, 1.82) is 0 Å². The SMILES string of the molecule is OCC1(CO)O[C@@H](OCc2ccccc2)[C@H](O)[C@@H](O)[C@H]1O. The first-order valence-corrected chi connectivity index (χ1v) is 6.63. The molecule has 0 bridgehead atoms. The van der Waals surface area contributed by atoms with Gasteiger partial charge in [-0.1, -0.05) is 30.3 Å². The van der Waals surface area contributed by atoms with Gasteiger partial charge in [0.2, 0.25) is 0 Å². The van der Waals surface area contributed by atoms with E-state index in [4.69, 9.17) is 9.47 Å². The van der Waals surface area contributed by atoms with Crippen LogP contribution in [-0.4, -0.2) is 68.9 Å². The maximum absolute atomic E-state index is 9.89. The number of hydrogen-bond acceptors (Lipinski definition) is 7. The number of hydrogen-bond donors (Lipinski definition) is 5. The Hall–Kier alpha value is -1.06. The van der Waals surface area contributed by atoms with Crippen LogP contribution >= 0.6 is 0 Å². The summed E-state index contributed by atoms with van der Waals surface area (Å²) in [6, 6.07) is 9.11. The molecule has 1 saturated heterocycles. The summed E-state index contributed by atoms with van der Waals surface area (Å²) in [6.07, 6.45) is -5.99. The van der Waals surface area contributed by atoms with Crippen molar-refractivity contribution in [1.82, 2.24) is 0 Å². The van der Waals surface area contributed by atoms with Crippen LogP contribution in [0.2, 0.25) is 0 Å². The summed E-state index contributed by atoms with van der Waals surface area (Å²) < 4.78 is 10.7. The highest BCUT2D eigenvalue weighted by atomic mass is 16.7. The van der Waals surface area contributed by atoms with Gasteiger partial charge >= 0.3 is 0 Å². The predicted octanol–water partition coefficient (Wildman–Crippen LogP) is -1.63. The highest BCUT2D eigenvalue weighted by molar-refractivity contribution is 5.13. The van der Waals surface area contributed by atoms with Gasteiger partial charge in [0.05, 0.1) is 19.8 Å². The summed E-state index contributed by atoms with van der Waals surface area (Å²) in [7, 11) is 0. The second kappa shape index (κ2) is 6.80. The predicted molar refractivity (Wildman–Crippen MR) is 71.0 cm³/mol. The van der Waals surface area contributed by atoms with Crippen molar-refractivity contribution in [3.8, 4) is 0 Å². The highest BCUT2D eigenvalue weighted by Gasteiger charge is 2.53. The molecule has 0 spiro atoms. The first-order chi connectivity index (χ1) is 10.0. The molecule has 2 rings (SSSR count). The first-order valence-electron chi connectivity index (χ1n) is 6.63. The van der Waals surface area contributed by atoms with E-state index in [1.54, 1.807) is 0 Å². The van der Waals surface area contributed by atoms with Gasteiger partial charge < -0.3 is 35.0 Å². The molecule has 5 N–H and O–H groups in total. The molecule has 1 aromatic carbocycles. The Morgan fingerprint density at radius 3 is 2.19 bits per heavy atom. The molecule has 0 saturated carbocycles. The summed E-state index contributed by atoms with van der Waals surface area (Å²) in [4.78, 5) is 0. The van der Waals surface area contributed by atoms with Crippen molar-refractivity contribution in [2.45, 2.75) is 36.8 Å². The van der Waals surface area contributed by atoms with Crippen LogP contribution in [0.5, 0.6) is 0 Å². The fraction of sp³-hybridized carbons (Fsp3) is 0.571. The second-order valence-corrected chi connectivity index (χ2v) is 5.09. The van der Waals surface area contributed by atoms with Crippen molar-refractivity contribution in [2.24, 2.45) is 0 Å². The Balaban J connectivity index is 2.07. The lowest BCUT2D eigenvalue weighted by Gasteiger charge is -2.46. The molecule has 1 aliphatic heterocycles. The van der Waals surface area contributed by atoms with Gasteiger partial charge in [-0.05, 0) is 5.56 Å². The van der Waals surface area contributed by atoms with E-state index in [0.29, 0.717) is 0 Å². The van der Waals surface area contributed by atoms with Gasteiger partial charge in [0, 0.05) is 0 Å². The van der Waals surface area contributed by atoms with Crippen LogP contribution in [0.1, 0.15) is 5.56 Å². The summed E-state index contributed by atoms with van der Waals surface area (Å²) in [5.74, 6) is 0. The molecule has 4 atom stereocenters. The Morgan fingerprint density at radius 2 is 1.62 bits per heavy atom. The third-order valence-corrected chi connectivity index (χ3v) is 3.63. The van der Waals surface area contributed by atoms with Crippen LogP contribution in [0.15, 0.2) is 30.3 Å². The molecule has 7 heteroatoms. The molecular formula is C14H20O7. The van der Waals surface area contributed by atoms with E-state index in [-0.39, 0.29) is 6.61 Å². The quantitative estimate of drug-likeness (QED) is 0.442. The maximum atomic E-state index is 9.89. The third kappa shape index (κ3) is 3.24. The molecule has 1 aromatic rings. The summed E-state index contributed by atoms with van der Waals surface area (Å²) >= 11 is 0. The van der Waals surface area contributed by atoms with Crippen molar-refractivity contribution >= 4 is 0 Å². The molecule has 1 aliphatic rings. The standard InChI is InChI=1S/C14H20O7/c15-7-14(8-16)12(19)10(17)11(18)13(21-14)20-6-9-4-2-1-3-5-9/h1-5,10-13,15-19H,6-8H2/t10-,11-,12-,13-/m1/s1. The van der Waals surface area contributed by atoms with Crippen molar-refractivity contribution < 1.29 is 35.0 Å². The zero-order chi connectivity index (χ0) is 15.5. The average molecular weight is 300 g/mol. The monoisotopic (exact) mass is 300 g/mol. The van der Waals surface area contributed by atoms with Gasteiger partial charge in [0.25, 0.3) is 0 Å². The van der Waals surface area contributed by atoms with Crippen LogP contribution in [0.4, 0.5) is 0 Å². The molecule has 21 heavy (non-hydrogen) atoms. The largest absolute Gasteiger partial charge is 0.393 e. The minimum Gasteiger partial charge on any atom is -0.393 e. The lowest BCUT2D eigenvalue weighted by atomic mass is 9.88. The van der Waals surface area contributed by atoms with E-state index in [0.717, 1.165) is 5.56 Å². The fourth-order valence-electron chi connectivity index (χ4n) is 2.23. The van der Waals surface area contributed by atoms with Crippen LogP contribution < -0.4 is 0 Å². The molecule has 0 aliphatic carbocycles. The van der Waals surface area contributed by atoms with Gasteiger partial charge in [0.1, 0.15) is 23.9 Å². The van der Waals surface area contributed by atoms with E-state index in [9.17, 15) is 25.5 Å². The van der Waals surface area contributed by atoms with Crippen molar-refractivity contribution in [2.75, 3.05) is 13.2 Å². The van der Waals surface area contributed by atoms with Gasteiger partial charge in [-0.2, -0.15) is 0 Å². The van der Waals surface area contributed by atoms with E-state index < -0.39 is 43.4 Å².